The Balaban J connectivity index is 0. The molecule has 0 rings (SSSR count). The second-order valence-electron chi connectivity index (χ2n) is 6.76. The summed E-state index contributed by atoms with van der Waals surface area (Å²) in [6.45, 7) is 4.08. The predicted molar refractivity (Wildman–Crippen MR) is 95.5 cm³/mol. The summed E-state index contributed by atoms with van der Waals surface area (Å²) >= 11 is 0. The zero-order valence-electron chi connectivity index (χ0n) is 16.1. The van der Waals surface area contributed by atoms with Crippen LogP contribution in [0.4, 0.5) is 0 Å². The van der Waals surface area contributed by atoms with E-state index in [2.05, 4.69) is 6.92 Å². The van der Waals surface area contributed by atoms with Crippen LogP contribution >= 0.6 is 0 Å². The van der Waals surface area contributed by atoms with Crippen LogP contribution in [0.15, 0.2) is 0 Å². The zero-order valence-corrected chi connectivity index (χ0v) is 19.0. The van der Waals surface area contributed by atoms with Crippen LogP contribution in [0.5, 0.6) is 0 Å². The molecule has 2 unspecified atom stereocenters. The molecule has 0 aliphatic rings. The van der Waals surface area contributed by atoms with E-state index < -0.39 is 21.5 Å². The van der Waals surface area contributed by atoms with Crippen LogP contribution in [0.2, 0.25) is 0 Å². The molecule has 0 heterocycles. The van der Waals surface area contributed by atoms with Gasteiger partial charge >= 0.3 is 29.6 Å². The van der Waals surface area contributed by atoms with Gasteiger partial charge in [-0.25, -0.2) is 8.42 Å². The zero-order chi connectivity index (χ0) is 17.6. The molecule has 0 radical (unpaired) electrons. The summed E-state index contributed by atoms with van der Waals surface area (Å²) in [5.74, 6) is 0. The Morgan fingerprint density at radius 3 is 1.67 bits per heavy atom. The van der Waals surface area contributed by atoms with Crippen molar-refractivity contribution in [2.45, 2.75) is 115 Å². The molecule has 0 bridgehead atoms. The normalized spacial score (nSPS) is 14.2. The Bertz CT molecular complexity index is 360. The fraction of sp³-hybridized carbons (Fsp3) is 1.00. The van der Waals surface area contributed by atoms with E-state index in [4.69, 9.17) is 0 Å². The number of unbranched alkanes of at least 4 members (excludes halogenated alkanes) is 9. The number of aliphatic hydroxyl groups excluding tert-OH is 1. The fourth-order valence-electron chi connectivity index (χ4n) is 2.99. The van der Waals surface area contributed by atoms with Crippen LogP contribution in [0.1, 0.15) is 104 Å². The van der Waals surface area contributed by atoms with Crippen LogP contribution < -0.4 is 29.6 Å². The Morgan fingerprint density at radius 2 is 1.25 bits per heavy atom. The molecule has 0 aromatic carbocycles. The summed E-state index contributed by atoms with van der Waals surface area (Å²) in [6, 6.07) is 0. The first-order chi connectivity index (χ1) is 10.9. The van der Waals surface area contributed by atoms with E-state index in [9.17, 15) is 18.1 Å². The third kappa shape index (κ3) is 16.3. The van der Waals surface area contributed by atoms with E-state index in [1.165, 1.54) is 51.4 Å². The minimum atomic E-state index is -4.28. The van der Waals surface area contributed by atoms with Gasteiger partial charge in [0.1, 0.15) is 0 Å². The van der Waals surface area contributed by atoms with Crippen molar-refractivity contribution < 1.29 is 47.6 Å². The maximum Gasteiger partial charge on any atom is 1.00 e. The van der Waals surface area contributed by atoms with Crippen molar-refractivity contribution >= 4 is 10.1 Å². The molecule has 6 heteroatoms. The molecule has 2 atom stereocenters. The van der Waals surface area contributed by atoms with Crippen LogP contribution in [-0.4, -0.2) is 29.4 Å². The van der Waals surface area contributed by atoms with Gasteiger partial charge in [-0.05, 0) is 19.3 Å². The summed E-state index contributed by atoms with van der Waals surface area (Å²) < 4.78 is 33.4. The molecule has 0 aromatic rings. The van der Waals surface area contributed by atoms with Crippen molar-refractivity contribution in [3.63, 3.8) is 0 Å². The molecule has 0 saturated carbocycles. The Labute approximate surface area is 172 Å². The average Bonchev–Trinajstić information content (AvgIpc) is 2.48. The van der Waals surface area contributed by atoms with Gasteiger partial charge in [0, 0.05) is 0 Å². The van der Waals surface area contributed by atoms with Crippen molar-refractivity contribution in [3.8, 4) is 0 Å². The van der Waals surface area contributed by atoms with Gasteiger partial charge < -0.3 is 9.66 Å². The molecule has 4 nitrogen and oxygen atoms in total. The number of hydrogen-bond acceptors (Lipinski definition) is 4. The molecule has 0 amide bonds. The minimum absolute atomic E-state index is 0. The van der Waals surface area contributed by atoms with Gasteiger partial charge in [-0.15, -0.1) is 0 Å². The van der Waals surface area contributed by atoms with E-state index in [0.717, 1.165) is 12.8 Å². The third-order valence-electron chi connectivity index (χ3n) is 4.44. The molecule has 0 aliphatic heterocycles. The Morgan fingerprint density at radius 1 is 0.792 bits per heavy atom. The van der Waals surface area contributed by atoms with E-state index in [0.29, 0.717) is 19.3 Å². The summed E-state index contributed by atoms with van der Waals surface area (Å²) in [5, 5.41) is 9.00. The van der Waals surface area contributed by atoms with Gasteiger partial charge in [0.2, 0.25) is 0 Å². The molecule has 1 N–H and O–H groups in total. The molecular formula is C18H37NaO4S. The summed E-state index contributed by atoms with van der Waals surface area (Å²) in [6.07, 6.45) is 13.4. The fourth-order valence-corrected chi connectivity index (χ4v) is 3.97. The largest absolute Gasteiger partial charge is 1.00 e. The first-order valence-electron chi connectivity index (χ1n) is 9.54. The maximum atomic E-state index is 11.1. The average molecular weight is 373 g/mol. The smallest absolute Gasteiger partial charge is 0.748 e. The summed E-state index contributed by atoms with van der Waals surface area (Å²) in [7, 11) is -4.28. The monoisotopic (exact) mass is 372 g/mol. The van der Waals surface area contributed by atoms with Gasteiger partial charge in [0.25, 0.3) is 0 Å². The van der Waals surface area contributed by atoms with E-state index in [1.54, 1.807) is 0 Å². The van der Waals surface area contributed by atoms with Gasteiger partial charge in [-0.3, -0.25) is 0 Å². The van der Waals surface area contributed by atoms with Gasteiger partial charge in [-0.2, -0.15) is 0 Å². The van der Waals surface area contributed by atoms with Crippen LogP contribution in [0.3, 0.4) is 0 Å². The molecule has 0 saturated heterocycles. The number of hydrogen-bond donors (Lipinski definition) is 1. The van der Waals surface area contributed by atoms with Crippen molar-refractivity contribution in [2.24, 2.45) is 0 Å². The molecule has 0 fully saturated rings. The summed E-state index contributed by atoms with van der Waals surface area (Å²) in [5.41, 5.74) is 0. The van der Waals surface area contributed by atoms with E-state index in [1.807, 2.05) is 6.92 Å². The summed E-state index contributed by atoms with van der Waals surface area (Å²) in [4.78, 5) is 0. The second kappa shape index (κ2) is 17.3. The minimum Gasteiger partial charge on any atom is -0.748 e. The van der Waals surface area contributed by atoms with Crippen molar-refractivity contribution in [1.29, 1.82) is 0 Å². The van der Waals surface area contributed by atoms with Crippen molar-refractivity contribution in [3.05, 3.63) is 0 Å². The second-order valence-corrected chi connectivity index (χ2v) is 8.42. The standard InChI is InChI=1S/C18H38O4S.Na/c1-3-5-6-7-8-9-10-11-12-13-15-17(19)16-18(14-4-2)23(20,21)22;/h17-19H,3-16H2,1-2H3,(H,20,21,22);/q;+1/p-1. The molecule has 24 heavy (non-hydrogen) atoms. The van der Waals surface area contributed by atoms with Crippen molar-refractivity contribution in [1.82, 2.24) is 0 Å². The molecule has 0 spiro atoms. The SMILES string of the molecule is CCCCCCCCCCCCC(O)CC(CCC)S(=O)(=O)[O-].[Na+]. The number of rotatable bonds is 16. The first-order valence-corrected chi connectivity index (χ1v) is 11.0. The maximum absolute atomic E-state index is 11.1. The number of aliphatic hydroxyl groups is 1. The van der Waals surface area contributed by atoms with Gasteiger partial charge in [0.15, 0.2) is 0 Å². The Hall–Kier alpha value is 0.870. The van der Waals surface area contributed by atoms with Crippen molar-refractivity contribution in [2.75, 3.05) is 0 Å². The van der Waals surface area contributed by atoms with Crippen LogP contribution in [0, 0.1) is 0 Å². The predicted octanol–water partition coefficient (Wildman–Crippen LogP) is 1.77. The van der Waals surface area contributed by atoms with E-state index in [-0.39, 0.29) is 36.0 Å². The quantitative estimate of drug-likeness (QED) is 0.254. The molecule has 0 aromatic heterocycles. The molecular weight excluding hydrogens is 335 g/mol. The topological polar surface area (TPSA) is 77.4 Å². The van der Waals surface area contributed by atoms with Crippen LogP contribution in [0.25, 0.3) is 0 Å². The molecule has 0 aliphatic carbocycles. The third-order valence-corrected chi connectivity index (χ3v) is 5.69. The van der Waals surface area contributed by atoms with Gasteiger partial charge in [0.05, 0.1) is 21.5 Å². The molecule has 140 valence electrons. The van der Waals surface area contributed by atoms with Gasteiger partial charge in [-0.1, -0.05) is 84.5 Å². The Kier molecular flexibility index (Phi) is 19.5. The van der Waals surface area contributed by atoms with E-state index >= 15 is 0 Å². The first kappa shape index (κ1) is 27.1. The van der Waals surface area contributed by atoms with Crippen LogP contribution in [-0.2, 0) is 10.1 Å².